The number of fused-ring (bicyclic) bond motifs is 1. The van der Waals surface area contributed by atoms with E-state index in [0.717, 1.165) is 31.5 Å². The van der Waals surface area contributed by atoms with Gasteiger partial charge in [0.05, 0.1) is 28.4 Å². The van der Waals surface area contributed by atoms with Crippen molar-refractivity contribution in [3.63, 3.8) is 0 Å². The van der Waals surface area contributed by atoms with Crippen LogP contribution in [0, 0.1) is 0 Å². The van der Waals surface area contributed by atoms with Gasteiger partial charge in [0.1, 0.15) is 23.3 Å². The van der Waals surface area contributed by atoms with Gasteiger partial charge >= 0.3 is 5.63 Å². The first-order chi connectivity index (χ1) is 20.3. The standard InChI is InChI=1S/C32H34N2O8/c1-34-13-11-22(12-14-34)41-29-27(39-4)18-21-17-25(32(36)42-28(21)30(29)40-5)33-31(35)20-9-10-26(38-3)24(16-20)19-7-6-8-23(15-19)37-2/h6-10,15-18,22H,11-14H2,1-5H3,(H,33,35). The molecule has 0 saturated carbocycles. The fourth-order valence-electron chi connectivity index (χ4n) is 5.06. The number of carbonyl (C=O) groups excluding carboxylic acids is 1. The highest BCUT2D eigenvalue weighted by molar-refractivity contribution is 6.06. The van der Waals surface area contributed by atoms with Gasteiger partial charge in [-0.25, -0.2) is 4.79 Å². The van der Waals surface area contributed by atoms with E-state index in [1.54, 1.807) is 38.5 Å². The summed E-state index contributed by atoms with van der Waals surface area (Å²) >= 11 is 0. The number of likely N-dealkylation sites (tertiary alicyclic amines) is 1. The number of benzene rings is 3. The van der Waals surface area contributed by atoms with E-state index in [2.05, 4.69) is 17.3 Å². The van der Waals surface area contributed by atoms with Crippen molar-refractivity contribution >= 4 is 22.6 Å². The molecule has 5 rings (SSSR count). The zero-order valence-electron chi connectivity index (χ0n) is 24.3. The van der Waals surface area contributed by atoms with Gasteiger partial charge in [-0.2, -0.15) is 0 Å². The van der Waals surface area contributed by atoms with Crippen LogP contribution < -0.4 is 34.6 Å². The fraction of sp³-hybridized carbons (Fsp3) is 0.312. The molecule has 0 aliphatic carbocycles. The molecule has 0 unspecified atom stereocenters. The van der Waals surface area contributed by atoms with E-state index in [-0.39, 0.29) is 23.1 Å². The van der Waals surface area contributed by atoms with Gasteiger partial charge in [0, 0.05) is 29.6 Å². The van der Waals surface area contributed by atoms with Gasteiger partial charge in [-0.3, -0.25) is 4.79 Å². The van der Waals surface area contributed by atoms with Crippen LogP contribution in [-0.4, -0.2) is 65.5 Å². The third-order valence-corrected chi connectivity index (χ3v) is 7.36. The second-order valence-corrected chi connectivity index (χ2v) is 10.0. The van der Waals surface area contributed by atoms with Crippen LogP contribution in [-0.2, 0) is 0 Å². The highest BCUT2D eigenvalue weighted by Gasteiger charge is 2.26. The molecular weight excluding hydrogens is 540 g/mol. The van der Waals surface area contributed by atoms with Crippen LogP contribution in [0.1, 0.15) is 23.2 Å². The number of hydrogen-bond donors (Lipinski definition) is 1. The van der Waals surface area contributed by atoms with E-state index in [1.165, 1.54) is 20.3 Å². The lowest BCUT2D eigenvalue weighted by molar-refractivity contribution is 0.102. The Morgan fingerprint density at radius 2 is 1.64 bits per heavy atom. The van der Waals surface area contributed by atoms with Crippen LogP contribution in [0.4, 0.5) is 5.69 Å². The molecule has 1 amide bonds. The molecule has 1 fully saturated rings. The molecule has 0 atom stereocenters. The number of amides is 1. The molecule has 10 nitrogen and oxygen atoms in total. The summed E-state index contributed by atoms with van der Waals surface area (Å²) in [5, 5.41) is 3.19. The minimum Gasteiger partial charge on any atom is -0.497 e. The maximum atomic E-state index is 13.3. The van der Waals surface area contributed by atoms with Crippen LogP contribution in [0.15, 0.2) is 63.8 Å². The highest BCUT2D eigenvalue weighted by Crippen LogP contribution is 2.44. The normalized spacial score (nSPS) is 13.9. The first-order valence-corrected chi connectivity index (χ1v) is 13.6. The minimum atomic E-state index is -0.730. The molecule has 1 N–H and O–H groups in total. The molecule has 10 heteroatoms. The van der Waals surface area contributed by atoms with Crippen LogP contribution in [0.2, 0.25) is 0 Å². The summed E-state index contributed by atoms with van der Waals surface area (Å²) in [6, 6.07) is 15.7. The van der Waals surface area contributed by atoms with Crippen LogP contribution in [0.3, 0.4) is 0 Å². The van der Waals surface area contributed by atoms with E-state index in [1.807, 2.05) is 24.3 Å². The Hall–Kier alpha value is -4.70. The summed E-state index contributed by atoms with van der Waals surface area (Å²) in [4.78, 5) is 28.6. The lowest BCUT2D eigenvalue weighted by atomic mass is 10.0. The number of nitrogens with one attached hydrogen (secondary N) is 1. The number of hydrogen-bond acceptors (Lipinski definition) is 9. The number of methoxy groups -OCH3 is 4. The number of ether oxygens (including phenoxy) is 5. The van der Waals surface area contributed by atoms with Gasteiger partial charge in [-0.1, -0.05) is 12.1 Å². The summed E-state index contributed by atoms with van der Waals surface area (Å²) in [6.07, 6.45) is 1.67. The van der Waals surface area contributed by atoms with Gasteiger partial charge in [0.25, 0.3) is 5.91 Å². The summed E-state index contributed by atoms with van der Waals surface area (Å²) in [5.41, 5.74) is 1.27. The lowest BCUT2D eigenvalue weighted by Gasteiger charge is -2.30. The zero-order valence-corrected chi connectivity index (χ0v) is 24.3. The largest absolute Gasteiger partial charge is 0.497 e. The molecule has 1 aromatic heterocycles. The van der Waals surface area contributed by atoms with Crippen molar-refractivity contribution in [1.82, 2.24) is 4.90 Å². The van der Waals surface area contributed by atoms with Crippen molar-refractivity contribution in [1.29, 1.82) is 0 Å². The van der Waals surface area contributed by atoms with E-state index < -0.39 is 11.5 Å². The Balaban J connectivity index is 1.47. The maximum absolute atomic E-state index is 13.3. The SMILES string of the molecule is COc1cccc(-c2cc(C(=O)Nc3cc4cc(OC)c(OC5CCN(C)CC5)c(OC)c4oc3=O)ccc2OC)c1. The van der Waals surface area contributed by atoms with Crippen molar-refractivity contribution in [3.8, 4) is 39.9 Å². The molecule has 0 spiro atoms. The van der Waals surface area contributed by atoms with Crippen LogP contribution >= 0.6 is 0 Å². The topological polar surface area (TPSA) is 109 Å². The third kappa shape index (κ3) is 5.84. The van der Waals surface area contributed by atoms with E-state index >= 15 is 0 Å². The van der Waals surface area contributed by atoms with E-state index in [0.29, 0.717) is 39.5 Å². The Kier molecular flexibility index (Phi) is 8.53. The number of piperidine rings is 1. The Morgan fingerprint density at radius 1 is 0.881 bits per heavy atom. The average molecular weight is 575 g/mol. The summed E-state index contributed by atoms with van der Waals surface area (Å²) < 4.78 is 34.1. The van der Waals surface area contributed by atoms with Gasteiger partial charge in [-0.05, 0) is 67.9 Å². The predicted octanol–water partition coefficient (Wildman–Crippen LogP) is 5.22. The second kappa shape index (κ2) is 12.4. The molecule has 4 aromatic rings. The summed E-state index contributed by atoms with van der Waals surface area (Å²) in [6.45, 7) is 1.83. The molecule has 1 saturated heterocycles. The van der Waals surface area contributed by atoms with Crippen LogP contribution in [0.5, 0.6) is 28.7 Å². The first-order valence-electron chi connectivity index (χ1n) is 13.6. The van der Waals surface area contributed by atoms with Gasteiger partial charge in [0.15, 0.2) is 11.3 Å². The third-order valence-electron chi connectivity index (χ3n) is 7.36. The summed E-state index contributed by atoms with van der Waals surface area (Å²) in [5.74, 6) is 1.84. The Labute approximate surface area is 243 Å². The first kappa shape index (κ1) is 28.8. The molecular formula is C32H34N2O8. The molecule has 1 aliphatic rings. The van der Waals surface area contributed by atoms with Gasteiger partial charge in [-0.15, -0.1) is 0 Å². The van der Waals surface area contributed by atoms with E-state index in [4.69, 9.17) is 28.1 Å². The molecule has 220 valence electrons. The maximum Gasteiger partial charge on any atom is 0.360 e. The monoisotopic (exact) mass is 574 g/mol. The Bertz CT molecular complexity index is 1660. The van der Waals surface area contributed by atoms with E-state index in [9.17, 15) is 9.59 Å². The molecule has 2 heterocycles. The van der Waals surface area contributed by atoms with Gasteiger partial charge in [0.2, 0.25) is 11.5 Å². The molecule has 1 aliphatic heterocycles. The van der Waals surface area contributed by atoms with Crippen molar-refractivity contribution in [3.05, 3.63) is 70.6 Å². The van der Waals surface area contributed by atoms with Crippen molar-refractivity contribution in [2.45, 2.75) is 18.9 Å². The smallest absolute Gasteiger partial charge is 0.360 e. The second-order valence-electron chi connectivity index (χ2n) is 10.0. The number of nitrogens with zero attached hydrogens (tertiary/aromatic N) is 1. The van der Waals surface area contributed by atoms with Crippen molar-refractivity contribution in [2.75, 3.05) is 53.9 Å². The van der Waals surface area contributed by atoms with Crippen molar-refractivity contribution in [2.24, 2.45) is 0 Å². The number of carbonyl (C=O) groups is 1. The van der Waals surface area contributed by atoms with Crippen molar-refractivity contribution < 1.29 is 32.9 Å². The quantitative estimate of drug-likeness (QED) is 0.269. The molecule has 42 heavy (non-hydrogen) atoms. The lowest BCUT2D eigenvalue weighted by Crippen LogP contribution is -2.35. The molecule has 0 bridgehead atoms. The number of rotatable bonds is 9. The summed E-state index contributed by atoms with van der Waals surface area (Å²) in [7, 11) is 8.24. The molecule has 0 radical (unpaired) electrons. The van der Waals surface area contributed by atoms with Crippen LogP contribution in [0.25, 0.3) is 22.1 Å². The predicted molar refractivity (Wildman–Crippen MR) is 160 cm³/mol. The highest BCUT2D eigenvalue weighted by atomic mass is 16.5. The minimum absolute atomic E-state index is 0.0284. The fourth-order valence-corrected chi connectivity index (χ4v) is 5.06. The average Bonchev–Trinajstić information content (AvgIpc) is 3.02. The molecule has 3 aromatic carbocycles. The zero-order chi connectivity index (χ0) is 29.8. The van der Waals surface area contributed by atoms with Gasteiger partial charge < -0.3 is 38.3 Å². The Morgan fingerprint density at radius 3 is 2.33 bits per heavy atom. The number of anilines is 1.